The molecule has 2 rings (SSSR count). The van der Waals surface area contributed by atoms with Gasteiger partial charge in [0.05, 0.1) is 10.6 Å². The molecule has 12 nitrogen and oxygen atoms in total. The summed E-state index contributed by atoms with van der Waals surface area (Å²) in [5.74, 6) is -0.223. The third-order valence-corrected chi connectivity index (χ3v) is 4.74. The molecule has 0 fully saturated rings. The molecule has 0 bridgehead atoms. The van der Waals surface area contributed by atoms with Gasteiger partial charge in [-0.25, -0.2) is 0 Å². The van der Waals surface area contributed by atoms with Crippen molar-refractivity contribution in [3.8, 4) is 0 Å². The molecule has 26 heavy (non-hydrogen) atoms. The highest BCUT2D eigenvalue weighted by Gasteiger charge is 2.20. The van der Waals surface area contributed by atoms with E-state index < -0.39 is 35.7 Å². The van der Waals surface area contributed by atoms with Crippen molar-refractivity contribution in [3.63, 3.8) is 0 Å². The Balaban J connectivity index is 2.52. The van der Waals surface area contributed by atoms with Gasteiger partial charge in [0.15, 0.2) is 0 Å². The Labute approximate surface area is 153 Å². The largest absolute Gasteiger partial charge is 0.353 e. The molecule has 0 saturated carbocycles. The van der Waals surface area contributed by atoms with Crippen LogP contribution in [0.2, 0.25) is 5.28 Å². The summed E-state index contributed by atoms with van der Waals surface area (Å²) in [5, 5.41) is 4.89. The van der Waals surface area contributed by atoms with Crippen LogP contribution in [0.15, 0.2) is 28.0 Å². The lowest BCUT2D eigenvalue weighted by molar-refractivity contribution is 0.479. The van der Waals surface area contributed by atoms with Crippen LogP contribution in [-0.4, -0.2) is 54.0 Å². The van der Waals surface area contributed by atoms with Gasteiger partial charge in [-0.2, -0.15) is 31.8 Å². The van der Waals surface area contributed by atoms with Crippen molar-refractivity contribution in [2.45, 2.75) is 9.79 Å². The van der Waals surface area contributed by atoms with Crippen LogP contribution < -0.4 is 16.4 Å². The molecule has 0 atom stereocenters. The molecule has 6 N–H and O–H groups in total. The summed E-state index contributed by atoms with van der Waals surface area (Å²) in [4.78, 5) is 10.1. The maximum Gasteiger partial charge on any atom is 0.296 e. The van der Waals surface area contributed by atoms with Gasteiger partial charge in [-0.05, 0) is 29.8 Å². The Morgan fingerprint density at radius 3 is 2.27 bits per heavy atom. The highest BCUT2D eigenvalue weighted by atomic mass is 35.5. The number of hydrogen-bond donors (Lipinski definition) is 5. The zero-order valence-electron chi connectivity index (χ0n) is 12.8. The zero-order chi connectivity index (χ0) is 19.5. The van der Waals surface area contributed by atoms with Gasteiger partial charge >= 0.3 is 0 Å². The molecule has 0 saturated heterocycles. The molecule has 1 aromatic carbocycles. The quantitative estimate of drug-likeness (QED) is 0.377. The minimum Gasteiger partial charge on any atom is -0.353 e. The highest BCUT2D eigenvalue weighted by molar-refractivity contribution is 7.86. The number of aromatic nitrogens is 3. The number of halogens is 1. The van der Waals surface area contributed by atoms with Crippen molar-refractivity contribution in [1.29, 1.82) is 0 Å². The van der Waals surface area contributed by atoms with E-state index in [4.69, 9.17) is 21.9 Å². The van der Waals surface area contributed by atoms with Gasteiger partial charge < -0.3 is 16.4 Å². The van der Waals surface area contributed by atoms with Crippen LogP contribution in [0.25, 0.3) is 0 Å². The predicted molar refractivity (Wildman–Crippen MR) is 91.7 cm³/mol. The standard InChI is InChI=1S/C11H13ClN6O6S2/c12-9-16-10(14-4-3-13)18-11(17-9)15-7-5-6(25(19,20)21)1-2-8(7)26(22,23)24/h1-2,5H,3-4,13H2,(H,19,20,21)(H,22,23,24)(H2,14,15,16,17,18). The third-order valence-electron chi connectivity index (χ3n) is 2.81. The number of hydrogen-bond acceptors (Lipinski definition) is 10. The molecule has 0 spiro atoms. The first-order valence-electron chi connectivity index (χ1n) is 6.72. The number of nitrogens with zero attached hydrogens (tertiary/aromatic N) is 3. The van der Waals surface area contributed by atoms with Gasteiger partial charge in [0.2, 0.25) is 17.2 Å². The van der Waals surface area contributed by atoms with E-state index in [1.54, 1.807) is 0 Å². The van der Waals surface area contributed by atoms with E-state index in [9.17, 15) is 21.4 Å². The smallest absolute Gasteiger partial charge is 0.296 e. The van der Waals surface area contributed by atoms with Crippen LogP contribution in [0.5, 0.6) is 0 Å². The molecule has 0 unspecified atom stereocenters. The normalized spacial score (nSPS) is 12.0. The van der Waals surface area contributed by atoms with Crippen molar-refractivity contribution < 1.29 is 25.9 Å². The molecule has 1 heterocycles. The van der Waals surface area contributed by atoms with Crippen molar-refractivity contribution in [2.75, 3.05) is 23.7 Å². The van der Waals surface area contributed by atoms with Crippen LogP contribution in [-0.2, 0) is 20.2 Å². The molecule has 0 aliphatic carbocycles. The van der Waals surface area contributed by atoms with Crippen LogP contribution in [0, 0.1) is 0 Å². The average Bonchev–Trinajstić information content (AvgIpc) is 2.50. The number of benzene rings is 1. The Hall–Kier alpha value is -2.10. The van der Waals surface area contributed by atoms with Crippen molar-refractivity contribution in [1.82, 2.24) is 15.0 Å². The molecule has 142 valence electrons. The van der Waals surface area contributed by atoms with E-state index in [2.05, 4.69) is 25.6 Å². The second-order valence-corrected chi connectivity index (χ2v) is 7.85. The molecule has 15 heteroatoms. The second kappa shape index (κ2) is 7.65. The lowest BCUT2D eigenvalue weighted by atomic mass is 10.3. The lowest BCUT2D eigenvalue weighted by Gasteiger charge is -2.11. The minimum absolute atomic E-state index is 0.0253. The second-order valence-electron chi connectivity index (χ2n) is 4.70. The number of nitrogens with one attached hydrogen (secondary N) is 2. The SMILES string of the molecule is NCCNc1nc(Cl)nc(Nc2cc(S(=O)(=O)O)ccc2S(=O)(=O)O)n1. The van der Waals surface area contributed by atoms with Gasteiger partial charge in [0, 0.05) is 13.1 Å². The third kappa shape index (κ3) is 5.20. The van der Waals surface area contributed by atoms with E-state index in [-0.39, 0.29) is 23.7 Å². The molecule has 2 aromatic rings. The number of rotatable bonds is 7. The first kappa shape index (κ1) is 20.2. The summed E-state index contributed by atoms with van der Waals surface area (Å²) in [6.07, 6.45) is 0. The van der Waals surface area contributed by atoms with E-state index in [0.717, 1.165) is 18.2 Å². The van der Waals surface area contributed by atoms with E-state index in [1.807, 2.05) is 0 Å². The first-order chi connectivity index (χ1) is 12.0. The van der Waals surface area contributed by atoms with E-state index >= 15 is 0 Å². The van der Waals surface area contributed by atoms with Crippen LogP contribution in [0.1, 0.15) is 0 Å². The highest BCUT2D eigenvalue weighted by Crippen LogP contribution is 2.27. The molecular weight excluding hydrogens is 412 g/mol. The predicted octanol–water partition coefficient (Wildman–Crippen LogP) is 0.133. The summed E-state index contributed by atoms with van der Waals surface area (Å²) >= 11 is 5.75. The molecule has 1 aromatic heterocycles. The fourth-order valence-electron chi connectivity index (χ4n) is 1.78. The molecule has 0 aliphatic heterocycles. The molecule has 0 amide bonds. The maximum absolute atomic E-state index is 11.5. The zero-order valence-corrected chi connectivity index (χ0v) is 15.2. The Bertz CT molecular complexity index is 1030. The minimum atomic E-state index is -4.73. The van der Waals surface area contributed by atoms with Crippen molar-refractivity contribution in [2.24, 2.45) is 5.73 Å². The van der Waals surface area contributed by atoms with Gasteiger partial charge in [-0.1, -0.05) is 0 Å². The molecule has 0 radical (unpaired) electrons. The molecular formula is C11H13ClN6O6S2. The van der Waals surface area contributed by atoms with Crippen molar-refractivity contribution in [3.05, 3.63) is 23.5 Å². The topological polar surface area (TPSA) is 197 Å². The average molecular weight is 425 g/mol. The number of anilines is 3. The van der Waals surface area contributed by atoms with Gasteiger partial charge in [0.25, 0.3) is 20.2 Å². The summed E-state index contributed by atoms with van der Waals surface area (Å²) in [6, 6.07) is 2.37. The van der Waals surface area contributed by atoms with E-state index in [0.29, 0.717) is 6.54 Å². The fourth-order valence-corrected chi connectivity index (χ4v) is 3.08. The number of nitrogens with two attached hydrogens (primary N) is 1. The Morgan fingerprint density at radius 1 is 1.04 bits per heavy atom. The summed E-state index contributed by atoms with van der Waals surface area (Å²) < 4.78 is 63.9. The Morgan fingerprint density at radius 2 is 1.69 bits per heavy atom. The maximum atomic E-state index is 11.5. The van der Waals surface area contributed by atoms with Gasteiger partial charge in [-0.15, -0.1) is 0 Å². The molecule has 0 aliphatic rings. The summed E-state index contributed by atoms with van der Waals surface area (Å²) in [7, 11) is -9.36. The lowest BCUT2D eigenvalue weighted by Crippen LogP contribution is -2.16. The van der Waals surface area contributed by atoms with Crippen LogP contribution in [0.3, 0.4) is 0 Å². The summed E-state index contributed by atoms with van der Waals surface area (Å²) in [6.45, 7) is 0.587. The van der Waals surface area contributed by atoms with Crippen LogP contribution >= 0.6 is 11.6 Å². The monoisotopic (exact) mass is 424 g/mol. The van der Waals surface area contributed by atoms with Crippen molar-refractivity contribution >= 4 is 49.4 Å². The Kier molecular flexibility index (Phi) is 5.94. The summed E-state index contributed by atoms with van der Waals surface area (Å²) in [5.41, 5.74) is 4.94. The van der Waals surface area contributed by atoms with E-state index in [1.165, 1.54) is 0 Å². The first-order valence-corrected chi connectivity index (χ1v) is 9.98. The fraction of sp³-hybridized carbons (Fsp3) is 0.182. The van der Waals surface area contributed by atoms with Crippen LogP contribution in [0.4, 0.5) is 17.6 Å². The van der Waals surface area contributed by atoms with Gasteiger partial charge in [-0.3, -0.25) is 9.11 Å². The van der Waals surface area contributed by atoms with Gasteiger partial charge in [0.1, 0.15) is 4.90 Å².